The lowest BCUT2D eigenvalue weighted by molar-refractivity contribution is 0.156. The highest BCUT2D eigenvalue weighted by Crippen LogP contribution is 2.27. The molecule has 0 radical (unpaired) electrons. The highest BCUT2D eigenvalue weighted by atomic mass is 19.1. The van der Waals surface area contributed by atoms with Crippen molar-refractivity contribution >= 4 is 0 Å². The van der Waals surface area contributed by atoms with Crippen molar-refractivity contribution in [2.75, 3.05) is 13.3 Å². The summed E-state index contributed by atoms with van der Waals surface area (Å²) in [6, 6.07) is 0. The molecule has 0 N–H and O–H groups in total. The average Bonchev–Trinajstić information content (AvgIpc) is 2.20. The second-order valence-electron chi connectivity index (χ2n) is 4.07. The van der Waals surface area contributed by atoms with Crippen molar-refractivity contribution in [2.45, 2.75) is 33.6 Å². The molecule has 0 aliphatic carbocycles. The van der Waals surface area contributed by atoms with Crippen LogP contribution in [-0.2, 0) is 4.74 Å². The quantitative estimate of drug-likeness (QED) is 0.673. The van der Waals surface area contributed by atoms with Crippen LogP contribution in [0.15, 0.2) is 23.0 Å². The smallest absolute Gasteiger partial charge is 0.118 e. The molecule has 1 aliphatic heterocycles. The van der Waals surface area contributed by atoms with Crippen molar-refractivity contribution in [3.63, 3.8) is 0 Å². The molecule has 0 amide bonds. The number of rotatable bonds is 3. The van der Waals surface area contributed by atoms with Crippen LogP contribution >= 0.6 is 0 Å². The zero-order valence-electron chi connectivity index (χ0n) is 9.27. The van der Waals surface area contributed by atoms with Crippen LogP contribution in [0.1, 0.15) is 33.6 Å². The van der Waals surface area contributed by atoms with Gasteiger partial charge in [0, 0.05) is 0 Å². The molecule has 0 fully saturated rings. The van der Waals surface area contributed by atoms with Gasteiger partial charge in [0.1, 0.15) is 12.4 Å². The van der Waals surface area contributed by atoms with Crippen LogP contribution in [0.5, 0.6) is 0 Å². The van der Waals surface area contributed by atoms with Gasteiger partial charge in [0.2, 0.25) is 0 Å². The molecule has 14 heavy (non-hydrogen) atoms. The lowest BCUT2D eigenvalue weighted by atomic mass is 9.96. The van der Waals surface area contributed by atoms with E-state index in [1.807, 2.05) is 6.08 Å². The summed E-state index contributed by atoms with van der Waals surface area (Å²) in [7, 11) is 0. The number of hydrogen-bond acceptors (Lipinski definition) is 1. The van der Waals surface area contributed by atoms with E-state index in [1.54, 1.807) is 6.92 Å². The van der Waals surface area contributed by atoms with Crippen molar-refractivity contribution in [1.29, 1.82) is 0 Å². The molecule has 0 saturated carbocycles. The SMILES string of the molecule is CCC1=C(/C=C(/C)CF)OCC(C)C1. The van der Waals surface area contributed by atoms with E-state index in [1.165, 1.54) is 5.57 Å². The third-order valence-electron chi connectivity index (χ3n) is 2.48. The Bertz CT molecular complexity index is 253. The Morgan fingerprint density at radius 3 is 2.93 bits per heavy atom. The first-order chi connectivity index (χ1) is 6.67. The van der Waals surface area contributed by atoms with Crippen molar-refractivity contribution in [3.05, 3.63) is 23.0 Å². The summed E-state index contributed by atoms with van der Waals surface area (Å²) in [5.41, 5.74) is 2.05. The third-order valence-corrected chi connectivity index (χ3v) is 2.48. The van der Waals surface area contributed by atoms with Crippen LogP contribution in [0.25, 0.3) is 0 Å². The summed E-state index contributed by atoms with van der Waals surface area (Å²) in [6.07, 6.45) is 3.92. The lowest BCUT2D eigenvalue weighted by Gasteiger charge is -2.24. The maximum Gasteiger partial charge on any atom is 0.118 e. The van der Waals surface area contributed by atoms with Crippen LogP contribution in [0.3, 0.4) is 0 Å². The average molecular weight is 198 g/mol. The number of allylic oxidation sites excluding steroid dienone is 3. The molecule has 1 heterocycles. The maximum atomic E-state index is 12.3. The first-order valence-corrected chi connectivity index (χ1v) is 5.25. The van der Waals surface area contributed by atoms with Gasteiger partial charge in [-0.3, -0.25) is 0 Å². The van der Waals surface area contributed by atoms with E-state index in [4.69, 9.17) is 4.74 Å². The Hall–Kier alpha value is -0.790. The molecule has 1 atom stereocenters. The number of alkyl halides is 1. The number of hydrogen-bond donors (Lipinski definition) is 0. The maximum absolute atomic E-state index is 12.3. The van der Waals surface area contributed by atoms with Gasteiger partial charge in [-0.15, -0.1) is 0 Å². The Morgan fingerprint density at radius 1 is 1.64 bits per heavy atom. The van der Waals surface area contributed by atoms with Gasteiger partial charge >= 0.3 is 0 Å². The van der Waals surface area contributed by atoms with Gasteiger partial charge in [-0.2, -0.15) is 0 Å². The number of ether oxygens (including phenoxy) is 1. The van der Waals surface area contributed by atoms with E-state index < -0.39 is 0 Å². The minimum Gasteiger partial charge on any atom is -0.493 e. The fraction of sp³-hybridized carbons (Fsp3) is 0.667. The van der Waals surface area contributed by atoms with Gasteiger partial charge in [-0.1, -0.05) is 13.8 Å². The molecular formula is C12H19FO. The Balaban J connectivity index is 2.82. The molecule has 1 aliphatic rings. The standard InChI is InChI=1S/C12H19FO/c1-4-11-5-10(3)8-14-12(11)6-9(2)7-13/h6,10H,4-5,7-8H2,1-3H3/b9-6-. The van der Waals surface area contributed by atoms with E-state index in [0.29, 0.717) is 5.92 Å². The Kier molecular flexibility index (Phi) is 4.18. The summed E-state index contributed by atoms with van der Waals surface area (Å²) in [4.78, 5) is 0. The molecule has 0 spiro atoms. The summed E-state index contributed by atoms with van der Waals surface area (Å²) < 4.78 is 17.9. The first kappa shape index (κ1) is 11.3. The molecular weight excluding hydrogens is 179 g/mol. The van der Waals surface area contributed by atoms with Crippen molar-refractivity contribution in [2.24, 2.45) is 5.92 Å². The Morgan fingerprint density at radius 2 is 2.36 bits per heavy atom. The van der Waals surface area contributed by atoms with E-state index in [-0.39, 0.29) is 6.67 Å². The summed E-state index contributed by atoms with van der Waals surface area (Å²) in [5.74, 6) is 1.49. The monoisotopic (exact) mass is 198 g/mol. The lowest BCUT2D eigenvalue weighted by Crippen LogP contribution is -2.14. The largest absolute Gasteiger partial charge is 0.493 e. The minimum atomic E-state index is -0.389. The molecule has 0 aromatic rings. The first-order valence-electron chi connectivity index (χ1n) is 5.25. The highest BCUT2D eigenvalue weighted by molar-refractivity contribution is 5.25. The molecule has 80 valence electrons. The molecule has 1 unspecified atom stereocenters. The molecule has 1 rings (SSSR count). The third kappa shape index (κ3) is 2.86. The van der Waals surface area contributed by atoms with E-state index in [2.05, 4.69) is 13.8 Å². The second-order valence-corrected chi connectivity index (χ2v) is 4.07. The molecule has 0 bridgehead atoms. The summed E-state index contributed by atoms with van der Waals surface area (Å²) in [6.45, 7) is 6.46. The summed E-state index contributed by atoms with van der Waals surface area (Å²) >= 11 is 0. The normalized spacial score (nSPS) is 23.7. The van der Waals surface area contributed by atoms with Crippen LogP contribution < -0.4 is 0 Å². The van der Waals surface area contributed by atoms with Crippen molar-refractivity contribution in [1.82, 2.24) is 0 Å². The van der Waals surface area contributed by atoms with Crippen LogP contribution in [0, 0.1) is 5.92 Å². The van der Waals surface area contributed by atoms with Crippen LogP contribution in [-0.4, -0.2) is 13.3 Å². The van der Waals surface area contributed by atoms with Gasteiger partial charge in [0.15, 0.2) is 0 Å². The van der Waals surface area contributed by atoms with Gasteiger partial charge in [0.25, 0.3) is 0 Å². The fourth-order valence-corrected chi connectivity index (χ4v) is 1.64. The van der Waals surface area contributed by atoms with Gasteiger partial charge in [0.05, 0.1) is 6.61 Å². The van der Waals surface area contributed by atoms with E-state index in [9.17, 15) is 4.39 Å². The van der Waals surface area contributed by atoms with Crippen LogP contribution in [0.4, 0.5) is 4.39 Å². The molecule has 0 aromatic heterocycles. The predicted molar refractivity (Wildman–Crippen MR) is 56.8 cm³/mol. The number of halogens is 1. The molecule has 0 saturated heterocycles. The zero-order valence-corrected chi connectivity index (χ0v) is 9.27. The summed E-state index contributed by atoms with van der Waals surface area (Å²) in [5, 5.41) is 0. The topological polar surface area (TPSA) is 9.23 Å². The van der Waals surface area contributed by atoms with Gasteiger partial charge in [-0.25, -0.2) is 4.39 Å². The van der Waals surface area contributed by atoms with Gasteiger partial charge < -0.3 is 4.74 Å². The fourth-order valence-electron chi connectivity index (χ4n) is 1.64. The van der Waals surface area contributed by atoms with E-state index >= 15 is 0 Å². The van der Waals surface area contributed by atoms with Crippen LogP contribution in [0.2, 0.25) is 0 Å². The predicted octanol–water partition coefficient (Wildman–Crippen LogP) is 3.62. The van der Waals surface area contributed by atoms with Gasteiger partial charge in [-0.05, 0) is 42.9 Å². The van der Waals surface area contributed by atoms with E-state index in [0.717, 1.165) is 30.8 Å². The zero-order chi connectivity index (χ0) is 10.6. The van der Waals surface area contributed by atoms with Crippen molar-refractivity contribution in [3.8, 4) is 0 Å². The molecule has 1 nitrogen and oxygen atoms in total. The highest BCUT2D eigenvalue weighted by Gasteiger charge is 2.16. The Labute approximate surface area is 85.6 Å². The van der Waals surface area contributed by atoms with Crippen molar-refractivity contribution < 1.29 is 9.13 Å². The minimum absolute atomic E-state index is 0.389. The molecule has 2 heteroatoms. The molecule has 0 aromatic carbocycles. The second kappa shape index (κ2) is 5.18.